The highest BCUT2D eigenvalue weighted by Crippen LogP contribution is 2.21. The van der Waals surface area contributed by atoms with Gasteiger partial charge in [0.1, 0.15) is 11.6 Å². The number of aliphatic imine (C=N–C) groups is 1. The lowest BCUT2D eigenvalue weighted by Gasteiger charge is -2.35. The van der Waals surface area contributed by atoms with Crippen LogP contribution in [0.15, 0.2) is 29.3 Å². The summed E-state index contributed by atoms with van der Waals surface area (Å²) in [5.41, 5.74) is 1.08. The lowest BCUT2D eigenvalue weighted by atomic mass is 10.0. The Kier molecular flexibility index (Phi) is 8.40. The predicted octanol–water partition coefficient (Wildman–Crippen LogP) is 1.72. The molecule has 1 aromatic heterocycles. The topological polar surface area (TPSA) is 79.6 Å². The molecule has 2 aromatic rings. The molecule has 164 valence electrons. The highest BCUT2D eigenvalue weighted by molar-refractivity contribution is 14.0. The molecule has 1 atom stereocenters. The Morgan fingerprint density at radius 1 is 1.17 bits per heavy atom. The fourth-order valence-corrected chi connectivity index (χ4v) is 3.95. The third-order valence-electron chi connectivity index (χ3n) is 5.53. The number of hydrogen-bond donors (Lipinski definition) is 2. The first-order valence-corrected chi connectivity index (χ1v) is 10.2. The van der Waals surface area contributed by atoms with Gasteiger partial charge < -0.3 is 19.9 Å². The monoisotopic (exact) mass is 529 g/mol. The van der Waals surface area contributed by atoms with Gasteiger partial charge >= 0.3 is 0 Å². The molecular formula is C20H29FIN7O. The minimum absolute atomic E-state index is 0. The number of rotatable bonds is 6. The number of fused-ring (bicyclic) bond motifs is 1. The maximum atomic E-state index is 13.4. The third kappa shape index (κ3) is 5.46. The van der Waals surface area contributed by atoms with Gasteiger partial charge in [0.15, 0.2) is 11.8 Å². The molecule has 0 amide bonds. The van der Waals surface area contributed by atoms with Crippen LogP contribution in [0.5, 0.6) is 0 Å². The summed E-state index contributed by atoms with van der Waals surface area (Å²) in [6, 6.07) is 6.85. The molecule has 10 heteroatoms. The Labute approximate surface area is 193 Å². The molecule has 0 saturated carbocycles. The zero-order valence-corrected chi connectivity index (χ0v) is 19.5. The van der Waals surface area contributed by atoms with Gasteiger partial charge in [0, 0.05) is 39.6 Å². The van der Waals surface area contributed by atoms with Crippen molar-refractivity contribution in [3.05, 3.63) is 47.3 Å². The van der Waals surface area contributed by atoms with Crippen molar-refractivity contribution in [2.75, 3.05) is 39.9 Å². The van der Waals surface area contributed by atoms with Crippen LogP contribution in [0.1, 0.15) is 29.7 Å². The molecular weight excluding hydrogens is 500 g/mol. The van der Waals surface area contributed by atoms with Crippen molar-refractivity contribution in [3.8, 4) is 0 Å². The highest BCUT2D eigenvalue weighted by Gasteiger charge is 2.23. The number of aryl methyl sites for hydroxylation is 1. The third-order valence-corrected chi connectivity index (χ3v) is 5.53. The minimum atomic E-state index is -0.222. The van der Waals surface area contributed by atoms with E-state index >= 15 is 0 Å². The van der Waals surface area contributed by atoms with E-state index in [-0.39, 0.29) is 35.8 Å². The van der Waals surface area contributed by atoms with Gasteiger partial charge in [0.05, 0.1) is 25.8 Å². The van der Waals surface area contributed by atoms with Crippen LogP contribution < -0.4 is 10.6 Å². The molecule has 1 aromatic carbocycles. The Hall–Kier alpha value is -1.79. The Balaban J connectivity index is 0.00000256. The summed E-state index contributed by atoms with van der Waals surface area (Å²) in [5.74, 6) is 2.48. The minimum Gasteiger partial charge on any atom is -0.379 e. The molecule has 0 bridgehead atoms. The van der Waals surface area contributed by atoms with Gasteiger partial charge in [-0.25, -0.2) is 4.39 Å². The molecule has 0 spiro atoms. The molecule has 0 radical (unpaired) electrons. The van der Waals surface area contributed by atoms with E-state index < -0.39 is 0 Å². The molecule has 1 saturated heterocycles. The second-order valence-corrected chi connectivity index (χ2v) is 7.31. The zero-order chi connectivity index (χ0) is 20.1. The summed E-state index contributed by atoms with van der Waals surface area (Å²) in [7, 11) is 1.76. The summed E-state index contributed by atoms with van der Waals surface area (Å²) in [6.07, 6.45) is 2.13. The number of nitrogens with one attached hydrogen (secondary N) is 2. The predicted molar refractivity (Wildman–Crippen MR) is 123 cm³/mol. The van der Waals surface area contributed by atoms with E-state index in [0.717, 1.165) is 49.7 Å². The van der Waals surface area contributed by atoms with E-state index in [1.165, 1.54) is 12.1 Å². The van der Waals surface area contributed by atoms with Crippen LogP contribution in [0, 0.1) is 5.82 Å². The van der Waals surface area contributed by atoms with Gasteiger partial charge in [-0.1, -0.05) is 12.1 Å². The SMILES string of the molecule is CN=C(NCc1nnc2n1CCC2)NCC(c1ccc(F)cc1)N1CCOCC1.I. The number of benzene rings is 1. The largest absolute Gasteiger partial charge is 0.379 e. The molecule has 1 fully saturated rings. The van der Waals surface area contributed by atoms with Gasteiger partial charge in [-0.3, -0.25) is 9.89 Å². The number of morpholine rings is 1. The van der Waals surface area contributed by atoms with Gasteiger partial charge in [-0.2, -0.15) is 0 Å². The van der Waals surface area contributed by atoms with E-state index in [4.69, 9.17) is 4.74 Å². The highest BCUT2D eigenvalue weighted by atomic mass is 127. The molecule has 3 heterocycles. The summed E-state index contributed by atoms with van der Waals surface area (Å²) >= 11 is 0. The average molecular weight is 529 g/mol. The second kappa shape index (κ2) is 11.0. The lowest BCUT2D eigenvalue weighted by molar-refractivity contribution is 0.0170. The quantitative estimate of drug-likeness (QED) is 0.337. The first-order valence-electron chi connectivity index (χ1n) is 10.2. The first kappa shape index (κ1) is 22.9. The van der Waals surface area contributed by atoms with Crippen LogP contribution in [-0.2, 0) is 24.2 Å². The summed E-state index contributed by atoms with van der Waals surface area (Å²) in [6.45, 7) is 5.33. The van der Waals surface area contributed by atoms with Crippen LogP contribution in [0.25, 0.3) is 0 Å². The molecule has 2 aliphatic rings. The molecule has 4 rings (SSSR count). The molecule has 1 unspecified atom stereocenters. The van der Waals surface area contributed by atoms with Crippen LogP contribution >= 0.6 is 24.0 Å². The van der Waals surface area contributed by atoms with Gasteiger partial charge in [0.25, 0.3) is 0 Å². The van der Waals surface area contributed by atoms with Crippen molar-refractivity contribution in [1.29, 1.82) is 0 Å². The van der Waals surface area contributed by atoms with E-state index in [1.807, 2.05) is 12.1 Å². The number of nitrogens with zero attached hydrogens (tertiary/aromatic N) is 5. The van der Waals surface area contributed by atoms with E-state index in [2.05, 4.69) is 35.3 Å². The van der Waals surface area contributed by atoms with E-state index in [0.29, 0.717) is 32.3 Å². The second-order valence-electron chi connectivity index (χ2n) is 7.31. The number of aromatic nitrogens is 3. The van der Waals surface area contributed by atoms with Crippen molar-refractivity contribution in [2.45, 2.75) is 32.0 Å². The number of hydrogen-bond acceptors (Lipinski definition) is 5. The van der Waals surface area contributed by atoms with Crippen molar-refractivity contribution in [1.82, 2.24) is 30.3 Å². The molecule has 8 nitrogen and oxygen atoms in total. The van der Waals surface area contributed by atoms with E-state index in [9.17, 15) is 4.39 Å². The lowest BCUT2D eigenvalue weighted by Crippen LogP contribution is -2.46. The van der Waals surface area contributed by atoms with Crippen LogP contribution in [-0.4, -0.2) is 65.5 Å². The van der Waals surface area contributed by atoms with Crippen LogP contribution in [0.2, 0.25) is 0 Å². The normalized spacial score (nSPS) is 17.9. The maximum Gasteiger partial charge on any atom is 0.191 e. The van der Waals surface area contributed by atoms with Crippen LogP contribution in [0.3, 0.4) is 0 Å². The summed E-state index contributed by atoms with van der Waals surface area (Å²) < 4.78 is 21.1. The summed E-state index contributed by atoms with van der Waals surface area (Å²) in [5, 5.41) is 15.3. The fourth-order valence-electron chi connectivity index (χ4n) is 3.95. The average Bonchev–Trinajstić information content (AvgIpc) is 3.37. The number of guanidine groups is 1. The summed E-state index contributed by atoms with van der Waals surface area (Å²) in [4.78, 5) is 6.70. The molecule has 2 N–H and O–H groups in total. The smallest absolute Gasteiger partial charge is 0.191 e. The van der Waals surface area contributed by atoms with Crippen molar-refractivity contribution in [3.63, 3.8) is 0 Å². The van der Waals surface area contributed by atoms with Gasteiger partial charge in [-0.05, 0) is 24.1 Å². The van der Waals surface area contributed by atoms with Crippen molar-refractivity contribution >= 4 is 29.9 Å². The number of ether oxygens (including phenoxy) is 1. The van der Waals surface area contributed by atoms with Crippen molar-refractivity contribution in [2.24, 2.45) is 4.99 Å². The van der Waals surface area contributed by atoms with Gasteiger partial charge in [-0.15, -0.1) is 34.2 Å². The Morgan fingerprint density at radius 2 is 1.93 bits per heavy atom. The van der Waals surface area contributed by atoms with Crippen LogP contribution in [0.4, 0.5) is 4.39 Å². The first-order chi connectivity index (χ1) is 14.2. The van der Waals surface area contributed by atoms with E-state index in [1.54, 1.807) is 7.05 Å². The zero-order valence-electron chi connectivity index (χ0n) is 17.2. The molecule has 2 aliphatic heterocycles. The Morgan fingerprint density at radius 3 is 2.67 bits per heavy atom. The molecule has 0 aliphatic carbocycles. The van der Waals surface area contributed by atoms with Gasteiger partial charge in [0.2, 0.25) is 0 Å². The fraction of sp³-hybridized carbons (Fsp3) is 0.550. The molecule has 30 heavy (non-hydrogen) atoms. The maximum absolute atomic E-state index is 13.4. The number of halogens is 2. The van der Waals surface area contributed by atoms with Crippen molar-refractivity contribution < 1.29 is 9.13 Å². The standard InChI is InChI=1S/C20H28FN7O.HI/c1-22-20(24-14-19-26-25-18-3-2-8-28(18)19)23-13-17(27-9-11-29-12-10-27)15-4-6-16(21)7-5-15;/h4-7,17H,2-3,8-14H2,1H3,(H2,22,23,24);1H. The Bertz CT molecular complexity index is 836.